The zero-order valence-electron chi connectivity index (χ0n) is 16.4. The summed E-state index contributed by atoms with van der Waals surface area (Å²) in [5.74, 6) is 0.0403. The summed E-state index contributed by atoms with van der Waals surface area (Å²) in [4.78, 5) is 13.6. The Hall–Kier alpha value is -1.11. The third kappa shape index (κ3) is 4.03. The number of carbonyl (C=O) groups excluding carboxylic acids is 1. The number of sulfone groups is 1. The maximum Gasteiger partial charge on any atom is 0.242 e. The van der Waals surface area contributed by atoms with Crippen LogP contribution in [0.15, 0.2) is 23.1 Å². The van der Waals surface area contributed by atoms with Crippen LogP contribution in [0.4, 0.5) is 0 Å². The number of amides is 1. The molecule has 0 spiro atoms. The Morgan fingerprint density at radius 3 is 2.52 bits per heavy atom. The van der Waals surface area contributed by atoms with Crippen molar-refractivity contribution in [1.29, 1.82) is 0 Å². The number of aryl methyl sites for hydroxylation is 2. The fraction of sp³-hybridized carbons (Fsp3) is 0.650. The van der Waals surface area contributed by atoms with Crippen molar-refractivity contribution in [2.45, 2.75) is 68.6 Å². The molecule has 152 valence electrons. The van der Waals surface area contributed by atoms with Gasteiger partial charge in [0.2, 0.25) is 5.91 Å². The number of rotatable bonds is 4. The molecule has 1 saturated heterocycles. The summed E-state index contributed by atoms with van der Waals surface area (Å²) in [5, 5.41) is 6.38. The summed E-state index contributed by atoms with van der Waals surface area (Å²) in [5.41, 5.74) is 1.61. The maximum atomic E-state index is 13.6. The van der Waals surface area contributed by atoms with Gasteiger partial charge in [-0.2, -0.15) is 0 Å². The monoisotopic (exact) mass is 414 g/mol. The lowest BCUT2D eigenvalue weighted by atomic mass is 9.94. The molecule has 3 rings (SSSR count). The van der Waals surface area contributed by atoms with Crippen molar-refractivity contribution < 1.29 is 13.2 Å². The van der Waals surface area contributed by atoms with E-state index in [0.29, 0.717) is 35.8 Å². The van der Waals surface area contributed by atoms with Crippen molar-refractivity contribution in [2.75, 3.05) is 13.1 Å². The summed E-state index contributed by atoms with van der Waals surface area (Å²) < 4.78 is 25.9. The van der Waals surface area contributed by atoms with Crippen LogP contribution in [0.5, 0.6) is 0 Å². The van der Waals surface area contributed by atoms with Gasteiger partial charge in [0.15, 0.2) is 14.6 Å². The Labute approximate surface area is 169 Å². The van der Waals surface area contributed by atoms with E-state index in [4.69, 9.17) is 0 Å². The van der Waals surface area contributed by atoms with Gasteiger partial charge in [0.25, 0.3) is 0 Å². The highest BCUT2D eigenvalue weighted by Gasteiger charge is 2.53. The molecule has 2 unspecified atom stereocenters. The van der Waals surface area contributed by atoms with Gasteiger partial charge in [-0.05, 0) is 62.8 Å². The van der Waals surface area contributed by atoms with Gasteiger partial charge in [0.05, 0.1) is 4.90 Å². The molecule has 1 aromatic rings. The first-order chi connectivity index (χ1) is 12.3. The normalized spacial score (nSPS) is 24.9. The molecule has 2 aliphatic rings. The molecule has 1 aliphatic heterocycles. The molecule has 0 bridgehead atoms. The lowest BCUT2D eigenvalue weighted by Crippen LogP contribution is -2.58. The van der Waals surface area contributed by atoms with Crippen LogP contribution >= 0.6 is 12.4 Å². The van der Waals surface area contributed by atoms with Crippen LogP contribution in [0.2, 0.25) is 0 Å². The quantitative estimate of drug-likeness (QED) is 0.794. The van der Waals surface area contributed by atoms with Gasteiger partial charge in [-0.3, -0.25) is 4.79 Å². The minimum atomic E-state index is -3.75. The van der Waals surface area contributed by atoms with Gasteiger partial charge in [-0.1, -0.05) is 31.9 Å². The number of hydrogen-bond donors (Lipinski definition) is 2. The van der Waals surface area contributed by atoms with Crippen LogP contribution in [0.3, 0.4) is 0 Å². The second-order valence-corrected chi connectivity index (χ2v) is 10.3. The second-order valence-electron chi connectivity index (χ2n) is 8.02. The number of carbonyl (C=O) groups is 1. The van der Waals surface area contributed by atoms with Crippen LogP contribution in [0.1, 0.15) is 50.2 Å². The van der Waals surface area contributed by atoms with Crippen molar-refractivity contribution in [2.24, 2.45) is 5.92 Å². The maximum absolute atomic E-state index is 13.6. The summed E-state index contributed by atoms with van der Waals surface area (Å²) in [6.07, 6.45) is 3.35. The van der Waals surface area contributed by atoms with Crippen molar-refractivity contribution in [1.82, 2.24) is 10.6 Å². The molecule has 7 heteroatoms. The minimum Gasteiger partial charge on any atom is -0.350 e. The lowest BCUT2D eigenvalue weighted by molar-refractivity contribution is -0.124. The van der Waals surface area contributed by atoms with Gasteiger partial charge in [-0.25, -0.2) is 8.42 Å². The van der Waals surface area contributed by atoms with E-state index < -0.39 is 14.6 Å². The number of piperidine rings is 1. The van der Waals surface area contributed by atoms with Crippen molar-refractivity contribution in [3.8, 4) is 0 Å². The van der Waals surface area contributed by atoms with Gasteiger partial charge >= 0.3 is 0 Å². The van der Waals surface area contributed by atoms with Crippen molar-refractivity contribution in [3.05, 3.63) is 29.3 Å². The predicted octanol–water partition coefficient (Wildman–Crippen LogP) is 2.93. The average Bonchev–Trinajstić information content (AvgIpc) is 3.10. The molecule has 0 aromatic heterocycles. The van der Waals surface area contributed by atoms with Crippen LogP contribution in [-0.4, -0.2) is 38.2 Å². The van der Waals surface area contributed by atoms with E-state index in [2.05, 4.69) is 17.6 Å². The lowest BCUT2D eigenvalue weighted by Gasteiger charge is -2.35. The molecule has 2 N–H and O–H groups in total. The molecule has 5 nitrogen and oxygen atoms in total. The van der Waals surface area contributed by atoms with Gasteiger partial charge in [-0.15, -0.1) is 12.4 Å². The fourth-order valence-corrected chi connectivity index (χ4v) is 6.64. The molecular formula is C20H31ClN2O3S. The van der Waals surface area contributed by atoms with E-state index in [1.165, 1.54) is 0 Å². The smallest absolute Gasteiger partial charge is 0.242 e. The first kappa shape index (κ1) is 22.2. The van der Waals surface area contributed by atoms with E-state index in [1.807, 2.05) is 19.1 Å². The topological polar surface area (TPSA) is 75.3 Å². The molecule has 1 heterocycles. The third-order valence-corrected chi connectivity index (χ3v) is 8.76. The van der Waals surface area contributed by atoms with Gasteiger partial charge in [0, 0.05) is 12.6 Å². The predicted molar refractivity (Wildman–Crippen MR) is 110 cm³/mol. The van der Waals surface area contributed by atoms with E-state index in [9.17, 15) is 13.2 Å². The number of hydrogen-bond acceptors (Lipinski definition) is 4. The van der Waals surface area contributed by atoms with Crippen LogP contribution in [0.25, 0.3) is 0 Å². The van der Waals surface area contributed by atoms with E-state index in [-0.39, 0.29) is 24.4 Å². The molecule has 0 radical (unpaired) electrons. The Morgan fingerprint density at radius 1 is 1.22 bits per heavy atom. The molecule has 1 aromatic carbocycles. The summed E-state index contributed by atoms with van der Waals surface area (Å²) >= 11 is 0. The highest BCUT2D eigenvalue weighted by molar-refractivity contribution is 7.93. The minimum absolute atomic E-state index is 0. The van der Waals surface area contributed by atoms with E-state index >= 15 is 0 Å². The van der Waals surface area contributed by atoms with Gasteiger partial charge in [0.1, 0.15) is 0 Å². The van der Waals surface area contributed by atoms with E-state index in [1.54, 1.807) is 13.0 Å². The molecule has 2 atom stereocenters. The number of halogens is 1. The van der Waals surface area contributed by atoms with Crippen LogP contribution in [0, 0.1) is 19.8 Å². The van der Waals surface area contributed by atoms with Crippen LogP contribution < -0.4 is 10.6 Å². The second kappa shape index (κ2) is 8.50. The van der Waals surface area contributed by atoms with Crippen molar-refractivity contribution >= 4 is 28.2 Å². The number of nitrogens with one attached hydrogen (secondary N) is 2. The summed E-state index contributed by atoms with van der Waals surface area (Å²) in [6, 6.07) is 5.44. The van der Waals surface area contributed by atoms with Crippen LogP contribution in [-0.2, 0) is 14.6 Å². The zero-order valence-corrected chi connectivity index (χ0v) is 18.0. The standard InChI is InChI=1S/C20H30N2O3S.ClH/c1-14-6-7-16(3)18(12-14)26(24,25)20(9-4-5-10-20)19(23)22-17-13-21-11-8-15(17)2;/h6-7,12,15,17,21H,4-5,8-11,13H2,1-3H3,(H,22,23);1H. The highest BCUT2D eigenvalue weighted by Crippen LogP contribution is 2.42. The fourth-order valence-electron chi connectivity index (χ4n) is 4.25. The SMILES string of the molecule is Cc1ccc(C)c(S(=O)(=O)C2(C(=O)NC3CNCCC3C)CCCC2)c1.Cl. The molecular weight excluding hydrogens is 384 g/mol. The highest BCUT2D eigenvalue weighted by atomic mass is 35.5. The Bertz CT molecular complexity index is 788. The first-order valence-electron chi connectivity index (χ1n) is 9.61. The van der Waals surface area contributed by atoms with Gasteiger partial charge < -0.3 is 10.6 Å². The summed E-state index contributed by atoms with van der Waals surface area (Å²) in [6.45, 7) is 7.45. The molecule has 2 fully saturated rings. The third-order valence-electron chi connectivity index (χ3n) is 6.12. The summed E-state index contributed by atoms with van der Waals surface area (Å²) in [7, 11) is -3.75. The Balaban J connectivity index is 0.00000261. The van der Waals surface area contributed by atoms with E-state index in [0.717, 1.165) is 31.4 Å². The van der Waals surface area contributed by atoms with Crippen molar-refractivity contribution in [3.63, 3.8) is 0 Å². The zero-order chi connectivity index (χ0) is 18.9. The molecule has 27 heavy (non-hydrogen) atoms. The number of benzene rings is 1. The average molecular weight is 415 g/mol. The molecule has 1 aliphatic carbocycles. The molecule has 1 amide bonds. The Morgan fingerprint density at radius 2 is 1.89 bits per heavy atom. The largest absolute Gasteiger partial charge is 0.350 e. The first-order valence-corrected chi connectivity index (χ1v) is 11.1. The Kier molecular flexibility index (Phi) is 6.98. The molecule has 1 saturated carbocycles.